The number of nitrogen functional groups attached to an aromatic ring is 2. The Kier molecular flexibility index (Phi) is 11.6. The first-order valence-corrected chi connectivity index (χ1v) is 8.77. The summed E-state index contributed by atoms with van der Waals surface area (Å²) in [5, 5.41) is 22.9. The molecular formula is C16H20Cl4N8. The molecule has 0 saturated heterocycles. The minimum atomic E-state index is 0. The Morgan fingerprint density at radius 2 is 1.04 bits per heavy atom. The molecule has 0 aliphatic rings. The maximum atomic E-state index is 5.55. The molecule has 0 amide bonds. The van der Waals surface area contributed by atoms with Gasteiger partial charge in [0.25, 0.3) is 0 Å². The molecule has 3 aromatic heterocycles. The quantitative estimate of drug-likeness (QED) is 0.485. The van der Waals surface area contributed by atoms with E-state index in [1.807, 2.05) is 20.8 Å². The van der Waals surface area contributed by atoms with Gasteiger partial charge in [0.15, 0.2) is 20.6 Å². The van der Waals surface area contributed by atoms with Gasteiger partial charge in [0.2, 0.25) is 0 Å². The summed E-state index contributed by atoms with van der Waals surface area (Å²) < 4.78 is 0. The largest absolute Gasteiger partial charge is 0.382 e. The van der Waals surface area contributed by atoms with E-state index in [9.17, 15) is 0 Å². The van der Waals surface area contributed by atoms with Crippen LogP contribution in [-0.2, 0) is 0 Å². The first-order valence-electron chi connectivity index (χ1n) is 7.26. The van der Waals surface area contributed by atoms with Gasteiger partial charge in [-0.25, -0.2) is 0 Å². The van der Waals surface area contributed by atoms with E-state index in [0.29, 0.717) is 32.2 Å². The Morgan fingerprint density at radius 3 is 1.39 bits per heavy atom. The molecule has 28 heavy (non-hydrogen) atoms. The molecule has 12 heteroatoms. The highest BCUT2D eigenvalue weighted by molar-refractivity contribution is 6.31. The van der Waals surface area contributed by atoms with E-state index in [1.165, 1.54) is 0 Å². The lowest BCUT2D eigenvalue weighted by molar-refractivity contribution is 1.02. The van der Waals surface area contributed by atoms with E-state index in [1.54, 1.807) is 18.2 Å². The minimum Gasteiger partial charge on any atom is -0.382 e. The minimum absolute atomic E-state index is 0. The molecule has 4 N–H and O–H groups in total. The van der Waals surface area contributed by atoms with Crippen LogP contribution in [0.2, 0.25) is 20.6 Å². The normalized spacial score (nSPS) is 9.25. The monoisotopic (exact) mass is 464 g/mol. The van der Waals surface area contributed by atoms with Crippen molar-refractivity contribution < 1.29 is 0 Å². The Morgan fingerprint density at radius 1 is 0.607 bits per heavy atom. The Balaban J connectivity index is 0.000000384. The highest BCUT2D eigenvalue weighted by Crippen LogP contribution is 2.13. The maximum absolute atomic E-state index is 5.55. The molecule has 0 radical (unpaired) electrons. The van der Waals surface area contributed by atoms with Crippen LogP contribution in [0.1, 0.15) is 24.1 Å². The number of rotatable bonds is 0. The molecule has 3 rings (SSSR count). The van der Waals surface area contributed by atoms with Crippen LogP contribution in [-0.4, -0.2) is 30.6 Å². The fraction of sp³-hybridized carbons (Fsp3) is 0.250. The van der Waals surface area contributed by atoms with Crippen molar-refractivity contribution in [2.75, 3.05) is 11.5 Å². The number of hydrogen-bond donors (Lipinski definition) is 2. The van der Waals surface area contributed by atoms with Crippen molar-refractivity contribution in [1.82, 2.24) is 30.6 Å². The Labute approximate surface area is 183 Å². The zero-order chi connectivity index (χ0) is 20.6. The van der Waals surface area contributed by atoms with Crippen LogP contribution in [0.5, 0.6) is 0 Å². The van der Waals surface area contributed by atoms with Crippen LogP contribution < -0.4 is 11.5 Å². The summed E-state index contributed by atoms with van der Waals surface area (Å²) in [7, 11) is 0. The highest BCUT2D eigenvalue weighted by Gasteiger charge is 1.97. The number of aryl methyl sites for hydroxylation is 3. The summed E-state index contributed by atoms with van der Waals surface area (Å²) >= 11 is 22.1. The SMILES string of the molecule is C.Cc1cc(Cl)nnc1Cl.Cc1cc(Cl)nnc1N.Cc1cc(N)nnc1Cl. The Hall–Kier alpha value is -2.00. The van der Waals surface area contributed by atoms with Crippen molar-refractivity contribution in [2.45, 2.75) is 28.2 Å². The van der Waals surface area contributed by atoms with Gasteiger partial charge in [0.1, 0.15) is 11.6 Å². The second-order valence-corrected chi connectivity index (χ2v) is 6.61. The third kappa shape index (κ3) is 9.27. The summed E-state index contributed by atoms with van der Waals surface area (Å²) in [6, 6.07) is 5.01. The van der Waals surface area contributed by atoms with Gasteiger partial charge >= 0.3 is 0 Å². The van der Waals surface area contributed by atoms with Gasteiger partial charge in [-0.05, 0) is 55.7 Å². The lowest BCUT2D eigenvalue weighted by atomic mass is 10.3. The van der Waals surface area contributed by atoms with Crippen LogP contribution in [0, 0.1) is 20.8 Å². The van der Waals surface area contributed by atoms with E-state index in [2.05, 4.69) is 30.6 Å². The number of halogens is 4. The molecule has 0 spiro atoms. The summed E-state index contributed by atoms with van der Waals surface area (Å²) in [6.07, 6.45) is 0. The lowest BCUT2D eigenvalue weighted by Gasteiger charge is -1.94. The summed E-state index contributed by atoms with van der Waals surface area (Å²) in [4.78, 5) is 0. The van der Waals surface area contributed by atoms with Gasteiger partial charge in [-0.3, -0.25) is 0 Å². The molecule has 0 saturated carbocycles. The van der Waals surface area contributed by atoms with Crippen molar-refractivity contribution >= 4 is 58.0 Å². The van der Waals surface area contributed by atoms with E-state index >= 15 is 0 Å². The number of anilines is 2. The number of hydrogen-bond acceptors (Lipinski definition) is 8. The summed E-state index contributed by atoms with van der Waals surface area (Å²) in [6.45, 7) is 5.48. The van der Waals surface area contributed by atoms with Gasteiger partial charge in [0.05, 0.1) is 0 Å². The molecule has 0 aliphatic carbocycles. The topological polar surface area (TPSA) is 129 Å². The van der Waals surface area contributed by atoms with Crippen molar-refractivity contribution in [3.63, 3.8) is 0 Å². The molecule has 152 valence electrons. The standard InChI is InChI=1S/C5H4Cl2N2.2C5H6ClN3.CH4/c1-3-2-4(6)8-9-5(3)7;1-3-2-4(7)8-9-5(3)6;1-3-2-4(6)8-9-5(3)7;/h2H,1H3;2H,1H3,(H2,7,8);2H,1H3,(H2,7,9);1H4. The van der Waals surface area contributed by atoms with Crippen LogP contribution in [0.3, 0.4) is 0 Å². The smallest absolute Gasteiger partial charge is 0.154 e. The third-order valence-electron chi connectivity index (χ3n) is 2.83. The molecule has 8 nitrogen and oxygen atoms in total. The number of nitrogens with zero attached hydrogens (tertiary/aromatic N) is 6. The first kappa shape index (κ1) is 26.0. The molecule has 3 aromatic rings. The summed E-state index contributed by atoms with van der Waals surface area (Å²) in [5.41, 5.74) is 13.2. The van der Waals surface area contributed by atoms with Gasteiger partial charge in [-0.15, -0.1) is 30.6 Å². The van der Waals surface area contributed by atoms with Crippen LogP contribution >= 0.6 is 46.4 Å². The van der Waals surface area contributed by atoms with Crippen molar-refractivity contribution in [1.29, 1.82) is 0 Å². The predicted octanol–water partition coefficient (Wildman–Crippen LogP) is 4.77. The third-order valence-corrected chi connectivity index (χ3v) is 3.95. The molecule has 3 heterocycles. The van der Waals surface area contributed by atoms with Crippen molar-refractivity contribution in [3.8, 4) is 0 Å². The van der Waals surface area contributed by atoms with E-state index in [-0.39, 0.29) is 7.43 Å². The van der Waals surface area contributed by atoms with E-state index < -0.39 is 0 Å². The van der Waals surface area contributed by atoms with Gasteiger partial charge in [-0.2, -0.15) is 0 Å². The molecular weight excluding hydrogens is 446 g/mol. The second-order valence-electron chi connectivity index (χ2n) is 5.12. The van der Waals surface area contributed by atoms with Crippen LogP contribution in [0.25, 0.3) is 0 Å². The molecule has 0 aromatic carbocycles. The van der Waals surface area contributed by atoms with E-state index in [0.717, 1.165) is 16.7 Å². The predicted molar refractivity (Wildman–Crippen MR) is 116 cm³/mol. The molecule has 0 aliphatic heterocycles. The molecule has 0 bridgehead atoms. The zero-order valence-electron chi connectivity index (χ0n) is 14.6. The van der Waals surface area contributed by atoms with Gasteiger partial charge < -0.3 is 11.5 Å². The second kappa shape index (κ2) is 12.5. The fourth-order valence-electron chi connectivity index (χ4n) is 1.39. The zero-order valence-corrected chi connectivity index (χ0v) is 17.6. The Bertz CT molecular complexity index is 790. The van der Waals surface area contributed by atoms with E-state index in [4.69, 9.17) is 57.9 Å². The summed E-state index contributed by atoms with van der Waals surface area (Å²) in [5.74, 6) is 0.830. The van der Waals surface area contributed by atoms with Gasteiger partial charge in [-0.1, -0.05) is 53.8 Å². The maximum Gasteiger partial charge on any atom is 0.154 e. The average molecular weight is 466 g/mol. The highest BCUT2D eigenvalue weighted by atomic mass is 35.5. The first-order chi connectivity index (χ1) is 12.6. The number of aromatic nitrogens is 6. The van der Waals surface area contributed by atoms with Gasteiger partial charge in [0, 0.05) is 0 Å². The fourth-order valence-corrected chi connectivity index (χ4v) is 1.98. The lowest BCUT2D eigenvalue weighted by Crippen LogP contribution is -1.95. The van der Waals surface area contributed by atoms with Crippen LogP contribution in [0.4, 0.5) is 11.6 Å². The molecule has 0 unspecified atom stereocenters. The number of nitrogens with two attached hydrogens (primary N) is 2. The van der Waals surface area contributed by atoms with Crippen molar-refractivity contribution in [2.24, 2.45) is 0 Å². The van der Waals surface area contributed by atoms with Crippen LogP contribution in [0.15, 0.2) is 18.2 Å². The molecule has 0 fully saturated rings. The van der Waals surface area contributed by atoms with Crippen molar-refractivity contribution in [3.05, 3.63) is 55.5 Å². The average Bonchev–Trinajstić information content (AvgIpc) is 2.60. The molecule has 0 atom stereocenters.